The number of hydrogen-bond acceptors (Lipinski definition) is 4. The summed E-state index contributed by atoms with van der Waals surface area (Å²) in [5.41, 5.74) is 8.98. The molecule has 4 heteroatoms. The lowest BCUT2D eigenvalue weighted by molar-refractivity contribution is -0.0882. The Bertz CT molecular complexity index is 571. The predicted octanol–water partition coefficient (Wildman–Crippen LogP) is 7.32. The van der Waals surface area contributed by atoms with Gasteiger partial charge >= 0.3 is 0 Å². The molecule has 1 heterocycles. The fourth-order valence-electron chi connectivity index (χ4n) is 3.28. The molecule has 1 aromatic carbocycles. The third-order valence-corrected chi connectivity index (χ3v) is 4.67. The van der Waals surface area contributed by atoms with Gasteiger partial charge in [-0.1, -0.05) is 86.4 Å². The smallest absolute Gasteiger partial charge is 0.154 e. The Kier molecular flexibility index (Phi) is 20.6. The van der Waals surface area contributed by atoms with Crippen LogP contribution in [0.25, 0.3) is 0 Å². The lowest BCUT2D eigenvalue weighted by atomic mass is 9.98. The third-order valence-electron chi connectivity index (χ3n) is 4.67. The van der Waals surface area contributed by atoms with E-state index in [1.807, 2.05) is 39.8 Å². The zero-order valence-corrected chi connectivity index (χ0v) is 21.4. The van der Waals surface area contributed by atoms with Crippen LogP contribution < -0.4 is 5.73 Å². The van der Waals surface area contributed by atoms with Crippen molar-refractivity contribution in [2.75, 3.05) is 5.73 Å². The van der Waals surface area contributed by atoms with Crippen LogP contribution in [0, 0.1) is 11.8 Å². The molecule has 0 spiro atoms. The molecule has 4 N–H and O–H groups in total. The Hall–Kier alpha value is -1.65. The molecule has 1 unspecified atom stereocenters. The van der Waals surface area contributed by atoms with Gasteiger partial charge < -0.3 is 15.9 Å². The van der Waals surface area contributed by atoms with Crippen LogP contribution in [-0.4, -0.2) is 22.2 Å². The lowest BCUT2D eigenvalue weighted by Gasteiger charge is -2.17. The van der Waals surface area contributed by atoms with Crippen molar-refractivity contribution >= 4 is 11.4 Å². The molecule has 0 saturated carbocycles. The number of nitrogen functional groups attached to an aromatic ring is 1. The number of allylic oxidation sites excluding steroid dienone is 1. The van der Waals surface area contributed by atoms with Gasteiger partial charge in [0.25, 0.3) is 0 Å². The van der Waals surface area contributed by atoms with E-state index in [4.69, 9.17) is 20.9 Å². The molecule has 0 bridgehead atoms. The standard InChI is InChI=1S/C15H20N2.C8H18O2.2C2H6/c1-11(2)10-14-4-3-5-15(17-14)12-6-8-13(16)9-7-12;1-3-5-7(6-4-2)8(9)10;2*1-2/h3-4,6-9,11,15H,5,10,16H2,1-2H3;7-10H,3-6H2,1-2H3;2*1-2H3. The molecule has 0 amide bonds. The van der Waals surface area contributed by atoms with Crippen LogP contribution >= 0.6 is 0 Å². The van der Waals surface area contributed by atoms with E-state index < -0.39 is 6.29 Å². The largest absolute Gasteiger partial charge is 0.399 e. The number of aliphatic imine (C=N–C) groups is 1. The van der Waals surface area contributed by atoms with Gasteiger partial charge in [-0.05, 0) is 55.4 Å². The number of rotatable bonds is 8. The van der Waals surface area contributed by atoms with Crippen LogP contribution in [0.2, 0.25) is 0 Å². The number of aliphatic hydroxyl groups excluding tert-OH is 1. The number of nitrogens with zero attached hydrogens (tertiary/aromatic N) is 1. The highest BCUT2D eigenvalue weighted by Crippen LogP contribution is 2.26. The van der Waals surface area contributed by atoms with Gasteiger partial charge in [-0.2, -0.15) is 0 Å². The van der Waals surface area contributed by atoms with Crippen molar-refractivity contribution in [3.63, 3.8) is 0 Å². The average molecular weight is 435 g/mol. The van der Waals surface area contributed by atoms with Gasteiger partial charge in [0.05, 0.1) is 6.04 Å². The van der Waals surface area contributed by atoms with Crippen LogP contribution in [0.4, 0.5) is 5.69 Å². The highest BCUT2D eigenvalue weighted by atomic mass is 16.5. The van der Waals surface area contributed by atoms with Gasteiger partial charge in [-0.15, -0.1) is 0 Å². The van der Waals surface area contributed by atoms with Gasteiger partial charge in [0.15, 0.2) is 6.29 Å². The fourth-order valence-corrected chi connectivity index (χ4v) is 3.28. The highest BCUT2D eigenvalue weighted by molar-refractivity contribution is 5.95. The first-order valence-corrected chi connectivity index (χ1v) is 12.3. The van der Waals surface area contributed by atoms with Crippen LogP contribution in [0.5, 0.6) is 0 Å². The first-order chi connectivity index (χ1) is 14.9. The summed E-state index contributed by atoms with van der Waals surface area (Å²) in [6.45, 7) is 16.6. The van der Waals surface area contributed by atoms with Crippen LogP contribution in [-0.2, 0) is 0 Å². The lowest BCUT2D eigenvalue weighted by Crippen LogP contribution is -2.19. The van der Waals surface area contributed by atoms with E-state index in [0.29, 0.717) is 5.92 Å². The van der Waals surface area contributed by atoms with E-state index in [2.05, 4.69) is 52.0 Å². The highest BCUT2D eigenvalue weighted by Gasteiger charge is 2.14. The first-order valence-electron chi connectivity index (χ1n) is 12.3. The summed E-state index contributed by atoms with van der Waals surface area (Å²) in [5, 5.41) is 17.7. The van der Waals surface area contributed by atoms with Crippen molar-refractivity contribution in [2.45, 2.75) is 106 Å². The van der Waals surface area contributed by atoms with E-state index in [1.165, 1.54) is 11.3 Å². The molecule has 0 saturated heterocycles. The number of benzene rings is 1. The van der Waals surface area contributed by atoms with Gasteiger partial charge in [0, 0.05) is 17.3 Å². The zero-order valence-electron chi connectivity index (χ0n) is 21.4. The normalized spacial score (nSPS) is 14.7. The van der Waals surface area contributed by atoms with Crippen molar-refractivity contribution in [1.82, 2.24) is 0 Å². The van der Waals surface area contributed by atoms with Crippen LogP contribution in [0.1, 0.15) is 106 Å². The molecule has 1 atom stereocenters. The van der Waals surface area contributed by atoms with Gasteiger partial charge in [0.1, 0.15) is 0 Å². The summed E-state index contributed by atoms with van der Waals surface area (Å²) in [7, 11) is 0. The molecule has 31 heavy (non-hydrogen) atoms. The van der Waals surface area contributed by atoms with Crippen molar-refractivity contribution in [3.05, 3.63) is 42.0 Å². The summed E-state index contributed by atoms with van der Waals surface area (Å²) in [6.07, 6.45) is 9.23. The van der Waals surface area contributed by atoms with Gasteiger partial charge in [0.2, 0.25) is 0 Å². The molecule has 1 aromatic rings. The Balaban J connectivity index is 0. The maximum Gasteiger partial charge on any atom is 0.154 e. The monoisotopic (exact) mass is 434 g/mol. The molecule has 2 rings (SSSR count). The van der Waals surface area contributed by atoms with Crippen molar-refractivity contribution in [3.8, 4) is 0 Å². The number of nitrogens with two attached hydrogens (primary N) is 1. The molecule has 1 aliphatic heterocycles. The number of dihydropyridines is 1. The van der Waals surface area contributed by atoms with E-state index in [9.17, 15) is 0 Å². The van der Waals surface area contributed by atoms with Crippen LogP contribution in [0.3, 0.4) is 0 Å². The molecule has 180 valence electrons. The first kappa shape index (κ1) is 31.5. The second-order valence-corrected chi connectivity index (χ2v) is 7.79. The average Bonchev–Trinajstić information content (AvgIpc) is 2.77. The molecule has 0 radical (unpaired) electrons. The van der Waals surface area contributed by atoms with E-state index in [0.717, 1.165) is 44.2 Å². The molecular formula is C27H50N2O2. The summed E-state index contributed by atoms with van der Waals surface area (Å²) < 4.78 is 0. The Morgan fingerprint density at radius 3 is 1.90 bits per heavy atom. The summed E-state index contributed by atoms with van der Waals surface area (Å²) in [6, 6.07) is 8.33. The van der Waals surface area contributed by atoms with Gasteiger partial charge in [-0.25, -0.2) is 0 Å². The number of hydrogen-bond donors (Lipinski definition) is 3. The quantitative estimate of drug-likeness (QED) is 0.296. The maximum absolute atomic E-state index is 8.83. The predicted molar refractivity (Wildman–Crippen MR) is 138 cm³/mol. The Morgan fingerprint density at radius 1 is 0.968 bits per heavy atom. The van der Waals surface area contributed by atoms with E-state index in [-0.39, 0.29) is 12.0 Å². The summed E-state index contributed by atoms with van der Waals surface area (Å²) >= 11 is 0. The van der Waals surface area contributed by atoms with Crippen LogP contribution in [0.15, 0.2) is 41.4 Å². The van der Waals surface area contributed by atoms with E-state index >= 15 is 0 Å². The number of anilines is 1. The molecular weight excluding hydrogens is 384 g/mol. The molecule has 0 fully saturated rings. The minimum absolute atomic E-state index is 0.0926. The minimum atomic E-state index is -1.11. The topological polar surface area (TPSA) is 78.8 Å². The maximum atomic E-state index is 8.83. The molecule has 0 aromatic heterocycles. The van der Waals surface area contributed by atoms with Crippen molar-refractivity contribution in [1.29, 1.82) is 0 Å². The summed E-state index contributed by atoms with van der Waals surface area (Å²) in [4.78, 5) is 4.81. The fraction of sp³-hybridized carbons (Fsp3) is 0.667. The SMILES string of the molecule is CC.CC.CC(C)CC1=NC(c2ccc(N)cc2)CC=C1.CCCC(CCC)C(O)O. The molecule has 1 aliphatic rings. The second kappa shape index (κ2) is 20.3. The molecule has 4 nitrogen and oxygen atoms in total. The zero-order chi connectivity index (χ0) is 24.2. The van der Waals surface area contributed by atoms with Gasteiger partial charge in [-0.3, -0.25) is 4.99 Å². The Labute approximate surface area is 192 Å². The Morgan fingerprint density at radius 2 is 1.48 bits per heavy atom. The van der Waals surface area contributed by atoms with Crippen molar-refractivity contribution < 1.29 is 10.2 Å². The second-order valence-electron chi connectivity index (χ2n) is 7.79. The minimum Gasteiger partial charge on any atom is -0.399 e. The molecule has 0 aliphatic carbocycles. The van der Waals surface area contributed by atoms with Crippen molar-refractivity contribution in [2.24, 2.45) is 16.8 Å². The summed E-state index contributed by atoms with van der Waals surface area (Å²) in [5.74, 6) is 0.749. The van der Waals surface area contributed by atoms with E-state index in [1.54, 1.807) is 0 Å². The third kappa shape index (κ3) is 14.9. The number of aliphatic hydroxyl groups is 2.